The van der Waals surface area contributed by atoms with Crippen LogP contribution in [0.25, 0.3) is 88.0 Å². The second-order valence-electron chi connectivity index (χ2n) is 14.0. The van der Waals surface area contributed by atoms with Crippen LogP contribution in [0.3, 0.4) is 0 Å². The molecule has 9 aromatic carbocycles. The van der Waals surface area contributed by atoms with Crippen LogP contribution in [-0.4, -0.2) is 0 Å². The first-order chi connectivity index (χ1) is 27.3. The van der Waals surface area contributed by atoms with E-state index in [0.29, 0.717) is 0 Å². The van der Waals surface area contributed by atoms with Gasteiger partial charge in [0.15, 0.2) is 0 Å². The zero-order valence-corrected chi connectivity index (χ0v) is 29.8. The first kappa shape index (κ1) is 31.2. The molecule has 0 amide bonds. The van der Waals surface area contributed by atoms with Crippen LogP contribution in [-0.2, 0) is 0 Å². The van der Waals surface area contributed by atoms with Crippen LogP contribution in [0.15, 0.2) is 209 Å². The molecule has 0 bridgehead atoms. The summed E-state index contributed by atoms with van der Waals surface area (Å²) in [4.78, 5) is 2.35. The highest BCUT2D eigenvalue weighted by molar-refractivity contribution is 6.32. The molecule has 0 saturated carbocycles. The zero-order chi connectivity index (χ0) is 36.3. The molecule has 0 aliphatic heterocycles. The summed E-state index contributed by atoms with van der Waals surface area (Å²) in [5, 5.41) is 6.74. The fraction of sp³-hybridized carbons (Fsp3) is 0. The Hall–Kier alpha value is -7.36. The second kappa shape index (κ2) is 12.6. The lowest BCUT2D eigenvalue weighted by atomic mass is 9.96. The molecule has 0 spiro atoms. The average Bonchev–Trinajstić information content (AvgIpc) is 3.84. The van der Waals surface area contributed by atoms with Crippen LogP contribution in [0.5, 0.6) is 0 Å². The van der Waals surface area contributed by atoms with Crippen molar-refractivity contribution in [1.82, 2.24) is 0 Å². The summed E-state index contributed by atoms with van der Waals surface area (Å²) < 4.78 is 13.4. The fourth-order valence-electron chi connectivity index (χ4n) is 8.31. The summed E-state index contributed by atoms with van der Waals surface area (Å²) >= 11 is 0. The summed E-state index contributed by atoms with van der Waals surface area (Å²) in [6, 6.07) is 70.7. The van der Waals surface area contributed by atoms with Crippen molar-refractivity contribution in [2.45, 2.75) is 0 Å². The minimum Gasteiger partial charge on any atom is -0.456 e. The van der Waals surface area contributed by atoms with Crippen molar-refractivity contribution < 1.29 is 8.83 Å². The molecule has 2 heterocycles. The van der Waals surface area contributed by atoms with Crippen molar-refractivity contribution >= 4 is 71.7 Å². The zero-order valence-electron chi connectivity index (χ0n) is 29.8. The van der Waals surface area contributed by atoms with Gasteiger partial charge >= 0.3 is 0 Å². The van der Waals surface area contributed by atoms with Gasteiger partial charge in [-0.25, -0.2) is 0 Å². The van der Waals surface area contributed by atoms with Crippen molar-refractivity contribution in [3.05, 3.63) is 200 Å². The smallest absolute Gasteiger partial charge is 0.144 e. The van der Waals surface area contributed by atoms with Crippen molar-refractivity contribution in [1.29, 1.82) is 0 Å². The SMILES string of the molecule is c1ccc(-c2ccc(N(c3ccc(-c4cc5oc6ccc7ccccc7c6c5c5c4oc4ccccc45)cc3)c3ccccc3-c3ccccc3)cc2)cc1. The molecule has 258 valence electrons. The standard InChI is InChI=1S/C52H33NO2/c1-3-13-34(14-4-1)35-23-28-39(29-24-35)53(45-21-11-9-18-41(45)36-15-5-2-6-16-36)40-30-25-38(26-31-40)44-33-48-51(50-43-20-10-12-22-46(43)55-52(44)50)49-42-19-8-7-17-37(42)27-32-47(49)54-48/h1-33H. The second-order valence-corrected chi connectivity index (χ2v) is 14.0. The molecule has 3 nitrogen and oxygen atoms in total. The van der Waals surface area contributed by atoms with Crippen LogP contribution in [0.2, 0.25) is 0 Å². The Morgan fingerprint density at radius 2 is 0.909 bits per heavy atom. The van der Waals surface area contributed by atoms with E-state index in [0.717, 1.165) is 77.6 Å². The normalized spacial score (nSPS) is 11.6. The molecule has 0 N–H and O–H groups in total. The third-order valence-electron chi connectivity index (χ3n) is 10.9. The maximum absolute atomic E-state index is 6.75. The van der Waals surface area contributed by atoms with E-state index >= 15 is 0 Å². The minimum atomic E-state index is 0.849. The van der Waals surface area contributed by atoms with Gasteiger partial charge < -0.3 is 13.7 Å². The van der Waals surface area contributed by atoms with Gasteiger partial charge in [-0.2, -0.15) is 0 Å². The number of hydrogen-bond acceptors (Lipinski definition) is 3. The molecule has 11 rings (SSSR count). The summed E-state index contributed by atoms with van der Waals surface area (Å²) in [6.45, 7) is 0. The molecule has 0 aliphatic carbocycles. The molecular weight excluding hydrogens is 671 g/mol. The van der Waals surface area contributed by atoms with E-state index in [9.17, 15) is 0 Å². The lowest BCUT2D eigenvalue weighted by Gasteiger charge is -2.28. The molecule has 0 aliphatic rings. The first-order valence-electron chi connectivity index (χ1n) is 18.7. The van der Waals surface area contributed by atoms with Gasteiger partial charge in [-0.3, -0.25) is 0 Å². The van der Waals surface area contributed by atoms with E-state index in [-0.39, 0.29) is 0 Å². The van der Waals surface area contributed by atoms with Crippen LogP contribution < -0.4 is 4.90 Å². The topological polar surface area (TPSA) is 29.5 Å². The Labute approximate surface area is 317 Å². The summed E-state index contributed by atoms with van der Waals surface area (Å²) in [7, 11) is 0. The maximum Gasteiger partial charge on any atom is 0.144 e. The molecule has 11 aromatic rings. The quantitative estimate of drug-likeness (QED) is 0.173. The van der Waals surface area contributed by atoms with E-state index in [2.05, 4.69) is 199 Å². The average molecular weight is 704 g/mol. The van der Waals surface area contributed by atoms with Gasteiger partial charge in [-0.1, -0.05) is 152 Å². The van der Waals surface area contributed by atoms with E-state index in [1.165, 1.54) is 27.5 Å². The lowest BCUT2D eigenvalue weighted by Crippen LogP contribution is -2.11. The third-order valence-corrected chi connectivity index (χ3v) is 10.9. The van der Waals surface area contributed by atoms with Gasteiger partial charge in [0.1, 0.15) is 22.3 Å². The molecule has 0 saturated heterocycles. The molecule has 3 heteroatoms. The lowest BCUT2D eigenvalue weighted by molar-refractivity contribution is 0.664. The number of benzene rings is 9. The molecule has 55 heavy (non-hydrogen) atoms. The summed E-state index contributed by atoms with van der Waals surface area (Å²) in [5.41, 5.74) is 13.4. The predicted octanol–water partition coefficient (Wildman–Crippen LogP) is 15.1. The van der Waals surface area contributed by atoms with E-state index in [1.807, 2.05) is 6.07 Å². The van der Waals surface area contributed by atoms with Crippen molar-refractivity contribution in [3.63, 3.8) is 0 Å². The van der Waals surface area contributed by atoms with Gasteiger partial charge in [0.05, 0.1) is 5.69 Å². The van der Waals surface area contributed by atoms with Crippen molar-refractivity contribution in [3.8, 4) is 33.4 Å². The Kier molecular flexibility index (Phi) is 7.17. The predicted molar refractivity (Wildman–Crippen MR) is 229 cm³/mol. The van der Waals surface area contributed by atoms with Gasteiger partial charge in [-0.05, 0) is 81.6 Å². The van der Waals surface area contributed by atoms with E-state index in [4.69, 9.17) is 8.83 Å². The van der Waals surface area contributed by atoms with Crippen LogP contribution in [0.1, 0.15) is 0 Å². The van der Waals surface area contributed by atoms with Gasteiger partial charge in [0.2, 0.25) is 0 Å². The van der Waals surface area contributed by atoms with E-state index < -0.39 is 0 Å². The number of rotatable bonds is 6. The summed E-state index contributed by atoms with van der Waals surface area (Å²) in [5.74, 6) is 0. The highest BCUT2D eigenvalue weighted by Gasteiger charge is 2.23. The van der Waals surface area contributed by atoms with Crippen LogP contribution in [0.4, 0.5) is 17.1 Å². The molecule has 0 radical (unpaired) electrons. The molecule has 0 fully saturated rings. The van der Waals surface area contributed by atoms with Gasteiger partial charge in [0.25, 0.3) is 0 Å². The molecule has 0 unspecified atom stereocenters. The summed E-state index contributed by atoms with van der Waals surface area (Å²) in [6.07, 6.45) is 0. The van der Waals surface area contributed by atoms with E-state index in [1.54, 1.807) is 0 Å². The number of furan rings is 2. The fourth-order valence-corrected chi connectivity index (χ4v) is 8.31. The number of nitrogens with zero attached hydrogens (tertiary/aromatic N) is 1. The van der Waals surface area contributed by atoms with Crippen LogP contribution in [0, 0.1) is 0 Å². The Balaban J connectivity index is 1.10. The van der Waals surface area contributed by atoms with Gasteiger partial charge in [-0.15, -0.1) is 0 Å². The maximum atomic E-state index is 6.75. The van der Waals surface area contributed by atoms with Gasteiger partial charge in [0, 0.05) is 44.0 Å². The molecule has 0 atom stereocenters. The molecule has 2 aromatic heterocycles. The van der Waals surface area contributed by atoms with Crippen molar-refractivity contribution in [2.75, 3.05) is 4.90 Å². The third kappa shape index (κ3) is 5.13. The van der Waals surface area contributed by atoms with Crippen LogP contribution >= 0.6 is 0 Å². The first-order valence-corrected chi connectivity index (χ1v) is 18.7. The number of anilines is 3. The highest BCUT2D eigenvalue weighted by Crippen LogP contribution is 2.47. The number of fused-ring (bicyclic) bond motifs is 9. The van der Waals surface area contributed by atoms with Crippen molar-refractivity contribution in [2.24, 2.45) is 0 Å². The monoisotopic (exact) mass is 703 g/mol. The molecular formula is C52H33NO2. The number of hydrogen-bond donors (Lipinski definition) is 0. The Bertz CT molecular complexity index is 3180. The Morgan fingerprint density at radius 1 is 0.327 bits per heavy atom. The minimum absolute atomic E-state index is 0.849. The highest BCUT2D eigenvalue weighted by atomic mass is 16.3. The number of para-hydroxylation sites is 2. The Morgan fingerprint density at radius 3 is 1.67 bits per heavy atom. The largest absolute Gasteiger partial charge is 0.456 e.